The predicted octanol–water partition coefficient (Wildman–Crippen LogP) is 3.07. The van der Waals surface area contributed by atoms with Crippen LogP contribution in [0, 0.1) is 0 Å². The molecule has 1 heterocycles. The Balaban J connectivity index is 3.00. The standard InChI is InChI=1S/C15H25N3OS/c1-6-16-14-10-12(9-13(17-14)11(2)3)15(19)18(4)7-8-20-5/h9-11H,6-8H2,1-5H3,(H,16,17). The molecule has 0 saturated heterocycles. The molecule has 1 aromatic heterocycles. The Morgan fingerprint density at radius 2 is 2.15 bits per heavy atom. The maximum Gasteiger partial charge on any atom is 0.253 e. The van der Waals surface area contributed by atoms with Crippen LogP contribution in [-0.2, 0) is 0 Å². The molecule has 0 atom stereocenters. The van der Waals surface area contributed by atoms with Crippen molar-refractivity contribution in [3.05, 3.63) is 23.4 Å². The van der Waals surface area contributed by atoms with Crippen molar-refractivity contribution < 1.29 is 4.79 Å². The van der Waals surface area contributed by atoms with E-state index in [4.69, 9.17) is 0 Å². The van der Waals surface area contributed by atoms with Crippen LogP contribution in [-0.4, -0.2) is 47.9 Å². The summed E-state index contributed by atoms with van der Waals surface area (Å²) in [6, 6.07) is 3.75. The number of aromatic nitrogens is 1. The number of nitrogens with one attached hydrogen (secondary N) is 1. The fourth-order valence-electron chi connectivity index (χ4n) is 1.79. The van der Waals surface area contributed by atoms with Gasteiger partial charge in [-0.05, 0) is 31.2 Å². The van der Waals surface area contributed by atoms with Crippen molar-refractivity contribution in [2.75, 3.05) is 37.5 Å². The fraction of sp³-hybridized carbons (Fsp3) is 0.600. The van der Waals surface area contributed by atoms with E-state index >= 15 is 0 Å². The van der Waals surface area contributed by atoms with Crippen LogP contribution < -0.4 is 5.32 Å². The molecule has 1 N–H and O–H groups in total. The minimum Gasteiger partial charge on any atom is -0.370 e. The molecule has 0 aliphatic rings. The van der Waals surface area contributed by atoms with E-state index in [0.717, 1.165) is 30.4 Å². The van der Waals surface area contributed by atoms with Crippen molar-refractivity contribution in [1.82, 2.24) is 9.88 Å². The zero-order valence-corrected chi connectivity index (χ0v) is 13.9. The number of pyridine rings is 1. The van der Waals surface area contributed by atoms with Crippen molar-refractivity contribution in [2.45, 2.75) is 26.7 Å². The van der Waals surface area contributed by atoms with Crippen LogP contribution in [0.2, 0.25) is 0 Å². The number of anilines is 1. The Morgan fingerprint density at radius 1 is 1.45 bits per heavy atom. The van der Waals surface area contributed by atoms with Crippen molar-refractivity contribution >= 4 is 23.5 Å². The molecule has 0 unspecified atom stereocenters. The summed E-state index contributed by atoms with van der Waals surface area (Å²) in [6.45, 7) is 7.75. The summed E-state index contributed by atoms with van der Waals surface area (Å²) in [4.78, 5) is 18.8. The van der Waals surface area contributed by atoms with Crippen LogP contribution >= 0.6 is 11.8 Å². The van der Waals surface area contributed by atoms with E-state index in [1.54, 1.807) is 16.7 Å². The Kier molecular flexibility index (Phi) is 6.85. The zero-order valence-electron chi connectivity index (χ0n) is 13.1. The number of thioether (sulfide) groups is 1. The number of hydrogen-bond donors (Lipinski definition) is 1. The lowest BCUT2D eigenvalue weighted by Crippen LogP contribution is -2.29. The molecule has 0 aliphatic heterocycles. The molecule has 1 aromatic rings. The van der Waals surface area contributed by atoms with E-state index in [0.29, 0.717) is 11.5 Å². The maximum absolute atomic E-state index is 12.4. The summed E-state index contributed by atoms with van der Waals surface area (Å²) in [6.07, 6.45) is 2.05. The van der Waals surface area contributed by atoms with Crippen LogP contribution in [0.3, 0.4) is 0 Å². The van der Waals surface area contributed by atoms with Gasteiger partial charge in [0.2, 0.25) is 0 Å². The maximum atomic E-state index is 12.4. The summed E-state index contributed by atoms with van der Waals surface area (Å²) < 4.78 is 0. The van der Waals surface area contributed by atoms with Crippen LogP contribution in [0.15, 0.2) is 12.1 Å². The fourth-order valence-corrected chi connectivity index (χ4v) is 2.25. The average Bonchev–Trinajstić information content (AvgIpc) is 2.43. The smallest absolute Gasteiger partial charge is 0.253 e. The monoisotopic (exact) mass is 295 g/mol. The quantitative estimate of drug-likeness (QED) is 0.839. The van der Waals surface area contributed by atoms with E-state index in [1.165, 1.54) is 0 Å². The first kappa shape index (κ1) is 16.8. The molecule has 1 rings (SSSR count). The second-order valence-corrected chi connectivity index (χ2v) is 6.06. The van der Waals surface area contributed by atoms with Crippen LogP contribution in [0.5, 0.6) is 0 Å². The summed E-state index contributed by atoms with van der Waals surface area (Å²) in [5.74, 6) is 2.09. The third kappa shape index (κ3) is 4.71. The molecular formula is C15H25N3OS. The Morgan fingerprint density at radius 3 is 2.70 bits per heavy atom. The number of carbonyl (C=O) groups excluding carboxylic acids is 1. The third-order valence-corrected chi connectivity index (χ3v) is 3.61. The van der Waals surface area contributed by atoms with Gasteiger partial charge >= 0.3 is 0 Å². The molecule has 0 bridgehead atoms. The number of carbonyl (C=O) groups is 1. The molecule has 0 radical (unpaired) electrons. The van der Waals surface area contributed by atoms with E-state index in [-0.39, 0.29) is 5.91 Å². The van der Waals surface area contributed by atoms with Gasteiger partial charge in [-0.2, -0.15) is 11.8 Å². The van der Waals surface area contributed by atoms with Crippen molar-refractivity contribution in [3.63, 3.8) is 0 Å². The molecular weight excluding hydrogens is 270 g/mol. The normalized spacial score (nSPS) is 10.7. The average molecular weight is 295 g/mol. The highest BCUT2D eigenvalue weighted by molar-refractivity contribution is 7.98. The molecule has 0 aliphatic carbocycles. The summed E-state index contributed by atoms with van der Waals surface area (Å²) in [5, 5.41) is 3.19. The molecule has 1 amide bonds. The molecule has 112 valence electrons. The first-order chi connectivity index (χ1) is 9.49. The van der Waals surface area contributed by atoms with Gasteiger partial charge < -0.3 is 10.2 Å². The predicted molar refractivity (Wildman–Crippen MR) is 87.8 cm³/mol. The van der Waals surface area contributed by atoms with Gasteiger partial charge in [-0.25, -0.2) is 4.98 Å². The van der Waals surface area contributed by atoms with E-state index in [2.05, 4.69) is 24.1 Å². The van der Waals surface area contributed by atoms with Gasteiger partial charge in [0.05, 0.1) is 0 Å². The van der Waals surface area contributed by atoms with E-state index in [1.807, 2.05) is 32.4 Å². The van der Waals surface area contributed by atoms with E-state index < -0.39 is 0 Å². The van der Waals surface area contributed by atoms with Crippen LogP contribution in [0.25, 0.3) is 0 Å². The molecule has 0 aromatic carbocycles. The van der Waals surface area contributed by atoms with Gasteiger partial charge in [0, 0.05) is 37.1 Å². The van der Waals surface area contributed by atoms with Gasteiger partial charge in [-0.3, -0.25) is 4.79 Å². The first-order valence-corrected chi connectivity index (χ1v) is 8.39. The Hall–Kier alpha value is -1.23. The van der Waals surface area contributed by atoms with Crippen LogP contribution in [0.1, 0.15) is 42.7 Å². The van der Waals surface area contributed by atoms with Crippen LogP contribution in [0.4, 0.5) is 5.82 Å². The van der Waals surface area contributed by atoms with Gasteiger partial charge in [-0.1, -0.05) is 13.8 Å². The van der Waals surface area contributed by atoms with Gasteiger partial charge in [-0.15, -0.1) is 0 Å². The van der Waals surface area contributed by atoms with Gasteiger partial charge in [0.1, 0.15) is 5.82 Å². The topological polar surface area (TPSA) is 45.2 Å². The highest BCUT2D eigenvalue weighted by atomic mass is 32.2. The first-order valence-electron chi connectivity index (χ1n) is 6.99. The Labute approximate surface area is 126 Å². The Bertz CT molecular complexity index is 449. The molecule has 0 saturated carbocycles. The second-order valence-electron chi connectivity index (χ2n) is 5.07. The lowest BCUT2D eigenvalue weighted by molar-refractivity contribution is 0.0803. The lowest BCUT2D eigenvalue weighted by Gasteiger charge is -2.18. The van der Waals surface area contributed by atoms with E-state index in [9.17, 15) is 4.79 Å². The summed E-state index contributed by atoms with van der Waals surface area (Å²) in [5.41, 5.74) is 1.66. The van der Waals surface area contributed by atoms with Gasteiger partial charge in [0.15, 0.2) is 0 Å². The third-order valence-electron chi connectivity index (χ3n) is 3.02. The highest BCUT2D eigenvalue weighted by Gasteiger charge is 2.15. The number of nitrogens with zero attached hydrogens (tertiary/aromatic N) is 2. The summed E-state index contributed by atoms with van der Waals surface area (Å²) in [7, 11) is 1.85. The van der Waals surface area contributed by atoms with Crippen molar-refractivity contribution in [1.29, 1.82) is 0 Å². The number of rotatable bonds is 7. The summed E-state index contributed by atoms with van der Waals surface area (Å²) >= 11 is 1.74. The van der Waals surface area contributed by atoms with Crippen molar-refractivity contribution in [2.24, 2.45) is 0 Å². The molecule has 0 fully saturated rings. The minimum absolute atomic E-state index is 0.0579. The lowest BCUT2D eigenvalue weighted by atomic mass is 10.1. The largest absolute Gasteiger partial charge is 0.370 e. The SMILES string of the molecule is CCNc1cc(C(=O)N(C)CCSC)cc(C(C)C)n1. The van der Waals surface area contributed by atoms with Gasteiger partial charge in [0.25, 0.3) is 5.91 Å². The highest BCUT2D eigenvalue weighted by Crippen LogP contribution is 2.18. The second kappa shape index (κ2) is 8.15. The minimum atomic E-state index is 0.0579. The van der Waals surface area contributed by atoms with Crippen molar-refractivity contribution in [3.8, 4) is 0 Å². The molecule has 4 nitrogen and oxygen atoms in total. The zero-order chi connectivity index (χ0) is 15.1. The molecule has 0 spiro atoms. The number of hydrogen-bond acceptors (Lipinski definition) is 4. The molecule has 20 heavy (non-hydrogen) atoms. The number of amides is 1. The molecule has 5 heteroatoms.